The molecule has 0 N–H and O–H groups in total. The Labute approximate surface area is 158 Å². The van der Waals surface area contributed by atoms with Crippen molar-refractivity contribution in [1.82, 2.24) is 15.0 Å². The van der Waals surface area contributed by atoms with Gasteiger partial charge in [-0.05, 0) is 45.7 Å². The molecular weight excluding hydrogens is 349 g/mol. The lowest BCUT2D eigenvalue weighted by Gasteiger charge is -2.41. The number of amides is 1. The second-order valence-corrected chi connectivity index (χ2v) is 7.43. The van der Waals surface area contributed by atoms with Crippen molar-refractivity contribution in [3.8, 4) is 11.4 Å². The summed E-state index contributed by atoms with van der Waals surface area (Å²) >= 11 is 0. The van der Waals surface area contributed by atoms with Crippen molar-refractivity contribution in [2.45, 2.75) is 58.1 Å². The molecule has 27 heavy (non-hydrogen) atoms. The molecule has 146 valence electrons. The predicted octanol–water partition coefficient (Wildman–Crippen LogP) is 3.61. The lowest BCUT2D eigenvalue weighted by Crippen LogP contribution is -2.48. The van der Waals surface area contributed by atoms with Gasteiger partial charge in [0.2, 0.25) is 17.6 Å². The fourth-order valence-corrected chi connectivity index (χ4v) is 3.57. The monoisotopic (exact) mass is 375 g/mol. The van der Waals surface area contributed by atoms with Gasteiger partial charge >= 0.3 is 0 Å². The normalized spacial score (nSPS) is 19.0. The summed E-state index contributed by atoms with van der Waals surface area (Å²) in [5.41, 5.74) is 0.0797. The minimum Gasteiger partial charge on any atom is -0.375 e. The van der Waals surface area contributed by atoms with Gasteiger partial charge in [-0.1, -0.05) is 17.3 Å². The summed E-state index contributed by atoms with van der Waals surface area (Å²) in [6.45, 7) is 7.42. The average molecular weight is 375 g/mol. The van der Waals surface area contributed by atoms with Crippen LogP contribution < -0.4 is 0 Å². The van der Waals surface area contributed by atoms with Gasteiger partial charge in [0.05, 0.1) is 11.2 Å². The first-order valence-electron chi connectivity index (χ1n) is 9.40. The molecule has 1 aromatic heterocycles. The molecule has 2 heterocycles. The fourth-order valence-electron chi connectivity index (χ4n) is 3.57. The van der Waals surface area contributed by atoms with Crippen LogP contribution in [0.25, 0.3) is 11.4 Å². The third-order valence-corrected chi connectivity index (χ3v) is 4.91. The molecule has 0 bridgehead atoms. The maximum atomic E-state index is 13.8. The molecular formula is C20H26FN3O3. The number of hydrogen-bond donors (Lipinski definition) is 0. The van der Waals surface area contributed by atoms with Crippen LogP contribution in [-0.4, -0.2) is 45.7 Å². The average Bonchev–Trinajstić information content (AvgIpc) is 3.09. The zero-order chi connectivity index (χ0) is 19.4. The summed E-state index contributed by atoms with van der Waals surface area (Å²) < 4.78 is 24.8. The Morgan fingerprint density at radius 3 is 2.85 bits per heavy atom. The van der Waals surface area contributed by atoms with E-state index in [1.807, 2.05) is 11.8 Å². The van der Waals surface area contributed by atoms with E-state index >= 15 is 0 Å². The minimum atomic E-state index is -0.403. The number of nitrogens with zero attached hydrogens (tertiary/aromatic N) is 3. The quantitative estimate of drug-likeness (QED) is 0.771. The van der Waals surface area contributed by atoms with Crippen LogP contribution >= 0.6 is 0 Å². The molecule has 0 unspecified atom stereocenters. The number of ether oxygens (including phenoxy) is 1. The van der Waals surface area contributed by atoms with Crippen molar-refractivity contribution in [3.63, 3.8) is 0 Å². The van der Waals surface area contributed by atoms with Gasteiger partial charge in [0.25, 0.3) is 0 Å². The second kappa shape index (κ2) is 8.17. The van der Waals surface area contributed by atoms with Crippen LogP contribution in [0.3, 0.4) is 0 Å². The molecule has 1 amide bonds. The van der Waals surface area contributed by atoms with E-state index in [0.29, 0.717) is 31.0 Å². The summed E-state index contributed by atoms with van der Waals surface area (Å²) in [5.74, 6) is 0.199. The largest absolute Gasteiger partial charge is 0.375 e. The zero-order valence-corrected chi connectivity index (χ0v) is 16.1. The minimum absolute atomic E-state index is 0.0610. The number of carbonyl (C=O) groups excluding carboxylic acids is 1. The van der Waals surface area contributed by atoms with Gasteiger partial charge in [0, 0.05) is 32.0 Å². The summed E-state index contributed by atoms with van der Waals surface area (Å²) in [7, 11) is 0. The van der Waals surface area contributed by atoms with E-state index in [-0.39, 0.29) is 29.8 Å². The van der Waals surface area contributed by atoms with E-state index in [0.717, 1.165) is 12.8 Å². The van der Waals surface area contributed by atoms with E-state index in [4.69, 9.17) is 9.26 Å². The van der Waals surface area contributed by atoms with E-state index in [2.05, 4.69) is 24.0 Å². The first-order chi connectivity index (χ1) is 12.9. The summed E-state index contributed by atoms with van der Waals surface area (Å²) in [4.78, 5) is 18.9. The molecule has 1 saturated heterocycles. The van der Waals surface area contributed by atoms with E-state index in [1.165, 1.54) is 6.07 Å². The summed E-state index contributed by atoms with van der Waals surface area (Å²) in [5, 5.41) is 3.83. The third kappa shape index (κ3) is 4.71. The molecule has 1 aliphatic heterocycles. The molecule has 6 nitrogen and oxygen atoms in total. The van der Waals surface area contributed by atoms with Gasteiger partial charge in [-0.3, -0.25) is 4.79 Å². The highest BCUT2D eigenvalue weighted by Gasteiger charge is 2.33. The molecule has 1 fully saturated rings. The number of carbonyl (C=O) groups is 1. The van der Waals surface area contributed by atoms with Gasteiger partial charge in [-0.25, -0.2) is 4.39 Å². The predicted molar refractivity (Wildman–Crippen MR) is 98.5 cm³/mol. The molecule has 0 spiro atoms. The highest BCUT2D eigenvalue weighted by atomic mass is 19.1. The molecule has 0 radical (unpaired) electrons. The number of aryl methyl sites for hydroxylation is 1. The van der Waals surface area contributed by atoms with E-state index in [9.17, 15) is 9.18 Å². The van der Waals surface area contributed by atoms with Gasteiger partial charge in [0.15, 0.2) is 0 Å². The van der Waals surface area contributed by atoms with E-state index in [1.54, 1.807) is 18.2 Å². The molecule has 1 aromatic carbocycles. The topological polar surface area (TPSA) is 68.5 Å². The highest BCUT2D eigenvalue weighted by molar-refractivity contribution is 5.76. The highest BCUT2D eigenvalue weighted by Crippen LogP contribution is 2.28. The van der Waals surface area contributed by atoms with Gasteiger partial charge in [-0.2, -0.15) is 4.98 Å². The summed E-state index contributed by atoms with van der Waals surface area (Å²) in [6.07, 6.45) is 2.29. The third-order valence-electron chi connectivity index (χ3n) is 4.91. The van der Waals surface area contributed by atoms with Crippen LogP contribution in [0.4, 0.5) is 4.39 Å². The Bertz CT molecular complexity index is 790. The Kier molecular flexibility index (Phi) is 5.89. The SMILES string of the molecule is CCN(C(=O)CCc1nc(-c2ccccc2F)no1)[C@H]1CCOC(C)(C)C1. The number of rotatable bonds is 6. The molecule has 1 aliphatic rings. The van der Waals surface area contributed by atoms with Crippen LogP contribution in [0.5, 0.6) is 0 Å². The number of aromatic nitrogens is 2. The number of hydrogen-bond acceptors (Lipinski definition) is 5. The van der Waals surface area contributed by atoms with Crippen LogP contribution in [-0.2, 0) is 16.0 Å². The Morgan fingerprint density at radius 1 is 1.37 bits per heavy atom. The zero-order valence-electron chi connectivity index (χ0n) is 16.1. The molecule has 0 aliphatic carbocycles. The van der Waals surface area contributed by atoms with Crippen molar-refractivity contribution in [3.05, 3.63) is 36.0 Å². The molecule has 2 aromatic rings. The number of halogens is 1. The van der Waals surface area contributed by atoms with Gasteiger partial charge in [0.1, 0.15) is 5.82 Å². The van der Waals surface area contributed by atoms with Crippen LogP contribution in [0.15, 0.2) is 28.8 Å². The van der Waals surface area contributed by atoms with Crippen LogP contribution in [0, 0.1) is 5.82 Å². The van der Waals surface area contributed by atoms with Gasteiger partial charge in [-0.15, -0.1) is 0 Å². The van der Waals surface area contributed by atoms with E-state index < -0.39 is 5.82 Å². The summed E-state index contributed by atoms with van der Waals surface area (Å²) in [6, 6.07) is 6.45. The first-order valence-corrected chi connectivity index (χ1v) is 9.40. The number of benzene rings is 1. The van der Waals surface area contributed by atoms with Crippen LogP contribution in [0.2, 0.25) is 0 Å². The standard InChI is InChI=1S/C20H26FN3O3/c1-4-24(14-11-12-26-20(2,3)13-14)18(25)10-9-17-22-19(23-27-17)15-7-5-6-8-16(15)21/h5-8,14H,4,9-13H2,1-3H3/t14-/m0/s1. The Morgan fingerprint density at radius 2 is 2.15 bits per heavy atom. The molecule has 1 atom stereocenters. The fraction of sp³-hybridized carbons (Fsp3) is 0.550. The smallest absolute Gasteiger partial charge is 0.227 e. The lowest BCUT2D eigenvalue weighted by atomic mass is 9.92. The Balaban J connectivity index is 1.61. The lowest BCUT2D eigenvalue weighted by molar-refractivity contribution is -0.140. The molecule has 7 heteroatoms. The van der Waals surface area contributed by atoms with Crippen LogP contribution in [0.1, 0.15) is 45.9 Å². The molecule has 0 saturated carbocycles. The Hall–Kier alpha value is -2.28. The maximum Gasteiger partial charge on any atom is 0.227 e. The van der Waals surface area contributed by atoms with Crippen molar-refractivity contribution >= 4 is 5.91 Å². The second-order valence-electron chi connectivity index (χ2n) is 7.43. The van der Waals surface area contributed by atoms with Gasteiger partial charge < -0.3 is 14.2 Å². The maximum absolute atomic E-state index is 13.8. The molecule has 3 rings (SSSR count). The first kappa shape index (κ1) is 19.5. The van der Waals surface area contributed by atoms with Crippen molar-refractivity contribution in [2.24, 2.45) is 0 Å². The van der Waals surface area contributed by atoms with Crippen molar-refractivity contribution in [1.29, 1.82) is 0 Å². The van der Waals surface area contributed by atoms with Crippen molar-refractivity contribution in [2.75, 3.05) is 13.2 Å². The van der Waals surface area contributed by atoms with Crippen molar-refractivity contribution < 1.29 is 18.4 Å².